The topological polar surface area (TPSA) is 132 Å². The first-order chi connectivity index (χ1) is 19.5. The summed E-state index contributed by atoms with van der Waals surface area (Å²) in [5.74, 6) is -0.168. The molecule has 9 heteroatoms. The van der Waals surface area contributed by atoms with Crippen molar-refractivity contribution in [2.24, 2.45) is 34.5 Å². The zero-order valence-corrected chi connectivity index (χ0v) is 24.7. The van der Waals surface area contributed by atoms with Gasteiger partial charge in [0.1, 0.15) is 12.7 Å². The summed E-state index contributed by atoms with van der Waals surface area (Å²) >= 11 is 0. The fourth-order valence-corrected chi connectivity index (χ4v) is 9.68. The van der Waals surface area contributed by atoms with Gasteiger partial charge in [0.05, 0.1) is 24.9 Å². The molecule has 0 bridgehead atoms. The lowest BCUT2D eigenvalue weighted by Crippen LogP contribution is -2.63. The minimum absolute atomic E-state index is 0.00549. The summed E-state index contributed by atoms with van der Waals surface area (Å²) in [7, 11) is 0. The molecule has 6 aliphatic rings. The Labute approximate surface area is 242 Å². The summed E-state index contributed by atoms with van der Waals surface area (Å²) < 4.78 is 25.0. The van der Waals surface area contributed by atoms with Gasteiger partial charge in [-0.1, -0.05) is 45.8 Å². The molecule has 3 saturated carbocycles. The average Bonchev–Trinajstić information content (AvgIpc) is 3.41. The molecule has 0 aromatic carbocycles. The fourth-order valence-electron chi connectivity index (χ4n) is 9.68. The molecular formula is C32H46O9. The number of fused-ring (bicyclic) bond motifs is 7. The molecule has 2 saturated heterocycles. The first-order valence-electron chi connectivity index (χ1n) is 15.5. The van der Waals surface area contributed by atoms with E-state index >= 15 is 0 Å². The molecule has 228 valence electrons. The summed E-state index contributed by atoms with van der Waals surface area (Å²) in [5, 5.41) is 31.8. The lowest BCUT2D eigenvalue weighted by atomic mass is 9.46. The number of carbonyl (C=O) groups excluding carboxylic acids is 2. The molecule has 41 heavy (non-hydrogen) atoms. The molecular weight excluding hydrogens is 528 g/mol. The van der Waals surface area contributed by atoms with Crippen molar-refractivity contribution in [3.05, 3.63) is 23.8 Å². The molecule has 5 fully saturated rings. The van der Waals surface area contributed by atoms with E-state index in [-0.39, 0.29) is 48.5 Å². The first-order valence-corrected chi connectivity index (χ1v) is 15.5. The van der Waals surface area contributed by atoms with Crippen LogP contribution in [0.3, 0.4) is 0 Å². The molecule has 9 nitrogen and oxygen atoms in total. The monoisotopic (exact) mass is 574 g/mol. The van der Waals surface area contributed by atoms with E-state index < -0.39 is 53.4 Å². The van der Waals surface area contributed by atoms with E-state index in [9.17, 15) is 24.9 Å². The predicted molar refractivity (Wildman–Crippen MR) is 147 cm³/mol. The molecule has 13 atom stereocenters. The molecule has 0 aromatic heterocycles. The van der Waals surface area contributed by atoms with E-state index in [1.807, 2.05) is 13.0 Å². The number of Topliss-reactive ketones (excluding diaryl/α,β-unsaturated/α-hetero) is 1. The molecule has 0 aromatic rings. The van der Waals surface area contributed by atoms with Crippen LogP contribution in [0.2, 0.25) is 0 Å². The predicted octanol–water partition coefficient (Wildman–Crippen LogP) is 2.85. The second kappa shape index (κ2) is 10.6. The Morgan fingerprint density at radius 1 is 1.20 bits per heavy atom. The third-order valence-corrected chi connectivity index (χ3v) is 11.7. The molecule has 3 unspecified atom stereocenters. The lowest BCUT2D eigenvalue weighted by Gasteiger charge is -2.59. The minimum Gasteiger partial charge on any atom is -0.394 e. The Balaban J connectivity index is 1.29. The van der Waals surface area contributed by atoms with Crippen molar-refractivity contribution in [3.8, 4) is 0 Å². The Morgan fingerprint density at radius 2 is 1.98 bits per heavy atom. The molecule has 0 spiro atoms. The van der Waals surface area contributed by atoms with Gasteiger partial charge in [-0.2, -0.15) is 0 Å². The van der Waals surface area contributed by atoms with Crippen LogP contribution in [-0.4, -0.2) is 82.7 Å². The van der Waals surface area contributed by atoms with Gasteiger partial charge in [0.2, 0.25) is 0 Å². The summed E-state index contributed by atoms with van der Waals surface area (Å²) in [4.78, 5) is 26.5. The van der Waals surface area contributed by atoms with Crippen molar-refractivity contribution in [1.29, 1.82) is 0 Å². The molecule has 4 aliphatic carbocycles. The highest BCUT2D eigenvalue weighted by molar-refractivity contribution is 6.01. The summed E-state index contributed by atoms with van der Waals surface area (Å²) in [5.41, 5.74) is -1.23. The highest BCUT2D eigenvalue weighted by atomic mass is 16.7. The Morgan fingerprint density at radius 3 is 2.71 bits per heavy atom. The van der Waals surface area contributed by atoms with Gasteiger partial charge in [-0.05, 0) is 62.0 Å². The highest BCUT2D eigenvalue weighted by Crippen LogP contribution is 2.69. The number of aliphatic hydroxyl groups excluding tert-OH is 3. The van der Waals surface area contributed by atoms with Crippen LogP contribution < -0.4 is 0 Å². The van der Waals surface area contributed by atoms with Crippen LogP contribution in [0.1, 0.15) is 72.6 Å². The van der Waals surface area contributed by atoms with E-state index in [4.69, 9.17) is 18.9 Å². The SMILES string of the molecule is CCCC1O[C@@H]2CC3[C@@H]4CCC5=CC(=O)C=C[C@]5(C)C4[C@@H](O)C[C@]3(C)[C@]2(C(=O)CO[C@H]2C[C@@H](C)[C@H](O)[C@@H](CO)O2)O1. The maximum absolute atomic E-state index is 14.4. The smallest absolute Gasteiger partial charge is 0.193 e. The average molecular weight is 575 g/mol. The Kier molecular flexibility index (Phi) is 7.66. The molecule has 3 N–H and O–H groups in total. The molecule has 2 aliphatic heterocycles. The summed E-state index contributed by atoms with van der Waals surface area (Å²) in [6.45, 7) is 7.59. The van der Waals surface area contributed by atoms with Gasteiger partial charge < -0.3 is 34.3 Å². The standard InChI is InChI=1S/C32H46O9/c1-5-6-26-40-25-13-21-20-8-7-18-12-19(34)9-10-30(18,3)28(20)22(35)14-31(21,4)32(25,41-26)24(36)16-38-27-11-17(2)29(37)23(15-33)39-27/h9-10,12,17,20-23,25-29,33,35,37H,5-8,11,13-16H2,1-4H3/t17-,20+,21?,22+,23-,25-,26?,27-,28?,29+,30+,31+,32-/m1/s1. The van der Waals surface area contributed by atoms with Crippen LogP contribution in [-0.2, 0) is 28.5 Å². The van der Waals surface area contributed by atoms with Crippen molar-refractivity contribution < 1.29 is 43.9 Å². The van der Waals surface area contributed by atoms with E-state index in [2.05, 4.69) is 20.8 Å². The Bertz CT molecular complexity index is 1120. The van der Waals surface area contributed by atoms with Gasteiger partial charge in [-0.15, -0.1) is 0 Å². The number of hydrogen-bond acceptors (Lipinski definition) is 9. The number of hydrogen-bond donors (Lipinski definition) is 3. The summed E-state index contributed by atoms with van der Waals surface area (Å²) in [6.07, 6.45) is 6.09. The van der Waals surface area contributed by atoms with Crippen LogP contribution in [0.5, 0.6) is 0 Å². The normalized spacial score (nSPS) is 50.5. The third kappa shape index (κ3) is 4.37. The molecule has 0 radical (unpaired) electrons. The number of allylic oxidation sites excluding steroid dienone is 4. The van der Waals surface area contributed by atoms with Crippen molar-refractivity contribution >= 4 is 11.6 Å². The first kappa shape index (κ1) is 29.6. The van der Waals surface area contributed by atoms with Gasteiger partial charge in [0, 0.05) is 23.2 Å². The number of ketones is 2. The third-order valence-electron chi connectivity index (χ3n) is 11.7. The van der Waals surface area contributed by atoms with Crippen molar-refractivity contribution in [3.63, 3.8) is 0 Å². The minimum atomic E-state index is -1.25. The zero-order chi connectivity index (χ0) is 29.3. The maximum atomic E-state index is 14.4. The second-order valence-corrected chi connectivity index (χ2v) is 13.9. The van der Waals surface area contributed by atoms with Crippen molar-refractivity contribution in [2.75, 3.05) is 13.2 Å². The van der Waals surface area contributed by atoms with Crippen molar-refractivity contribution in [1.82, 2.24) is 0 Å². The zero-order valence-electron chi connectivity index (χ0n) is 24.7. The lowest BCUT2D eigenvalue weighted by molar-refractivity contribution is -0.247. The Hall–Kier alpha value is -1.46. The molecule has 6 rings (SSSR count). The number of carbonyl (C=O) groups is 2. The molecule has 0 amide bonds. The van der Waals surface area contributed by atoms with Crippen LogP contribution in [0, 0.1) is 34.5 Å². The van der Waals surface area contributed by atoms with E-state index in [1.54, 1.807) is 12.2 Å². The van der Waals surface area contributed by atoms with Gasteiger partial charge in [-0.25, -0.2) is 0 Å². The van der Waals surface area contributed by atoms with Crippen LogP contribution in [0.4, 0.5) is 0 Å². The number of rotatable bonds is 7. The summed E-state index contributed by atoms with van der Waals surface area (Å²) in [6, 6.07) is 0. The largest absolute Gasteiger partial charge is 0.394 e. The number of ether oxygens (including phenoxy) is 4. The van der Waals surface area contributed by atoms with Crippen LogP contribution in [0.25, 0.3) is 0 Å². The van der Waals surface area contributed by atoms with Gasteiger partial charge >= 0.3 is 0 Å². The number of aliphatic hydroxyl groups is 3. The van der Waals surface area contributed by atoms with Gasteiger partial charge in [0.15, 0.2) is 29.7 Å². The maximum Gasteiger partial charge on any atom is 0.193 e. The van der Waals surface area contributed by atoms with Crippen LogP contribution in [0.15, 0.2) is 23.8 Å². The fraction of sp³-hybridized carbons (Fsp3) is 0.812. The van der Waals surface area contributed by atoms with E-state index in [0.717, 1.165) is 24.8 Å². The van der Waals surface area contributed by atoms with E-state index in [0.29, 0.717) is 25.7 Å². The highest BCUT2D eigenvalue weighted by Gasteiger charge is 2.75. The van der Waals surface area contributed by atoms with Gasteiger partial charge in [-0.3, -0.25) is 9.59 Å². The van der Waals surface area contributed by atoms with Crippen LogP contribution >= 0.6 is 0 Å². The van der Waals surface area contributed by atoms with Crippen molar-refractivity contribution in [2.45, 2.75) is 115 Å². The molecule has 2 heterocycles. The van der Waals surface area contributed by atoms with Gasteiger partial charge in [0.25, 0.3) is 0 Å². The second-order valence-electron chi connectivity index (χ2n) is 13.9. The van der Waals surface area contributed by atoms with E-state index in [1.165, 1.54) is 0 Å². The quantitative estimate of drug-likeness (QED) is 0.420.